The van der Waals surface area contributed by atoms with Gasteiger partial charge in [-0.25, -0.2) is 17.6 Å². The van der Waals surface area contributed by atoms with E-state index >= 15 is 0 Å². The van der Waals surface area contributed by atoms with Gasteiger partial charge in [0.25, 0.3) is 0 Å². The summed E-state index contributed by atoms with van der Waals surface area (Å²) in [5, 5.41) is 0. The Morgan fingerprint density at radius 3 is 1.24 bits per heavy atom. The van der Waals surface area contributed by atoms with E-state index in [-0.39, 0.29) is 22.7 Å². The fourth-order valence-corrected chi connectivity index (χ4v) is 10.3. The van der Waals surface area contributed by atoms with Crippen molar-refractivity contribution in [1.82, 2.24) is 0 Å². The molecule has 51 heavy (non-hydrogen) atoms. The highest BCUT2D eigenvalue weighted by Gasteiger charge is 2.51. The molecule has 2 saturated carbocycles. The molecule has 2 fully saturated rings. The fraction of sp³-hybridized carbons (Fsp3) is 0.565. The lowest BCUT2D eigenvalue weighted by atomic mass is 9.51. The zero-order valence-corrected chi connectivity index (χ0v) is 30.9. The van der Waals surface area contributed by atoms with Gasteiger partial charge in [0, 0.05) is 22.7 Å². The van der Waals surface area contributed by atoms with E-state index in [0.717, 1.165) is 101 Å². The van der Waals surface area contributed by atoms with Gasteiger partial charge in [-0.3, -0.25) is 0 Å². The molecule has 0 amide bonds. The highest BCUT2D eigenvalue weighted by atomic mass is 19.2. The van der Waals surface area contributed by atoms with Gasteiger partial charge in [0.15, 0.2) is 23.3 Å². The number of hydrogen-bond acceptors (Lipinski definition) is 1. The van der Waals surface area contributed by atoms with E-state index in [9.17, 15) is 17.6 Å². The third kappa shape index (κ3) is 7.48. The first-order chi connectivity index (χ1) is 24.7. The van der Waals surface area contributed by atoms with Crippen LogP contribution in [-0.2, 0) is 15.6 Å². The second-order valence-corrected chi connectivity index (χ2v) is 16.2. The van der Waals surface area contributed by atoms with Gasteiger partial charge >= 0.3 is 0 Å². The lowest BCUT2D eigenvalue weighted by Gasteiger charge is -2.52. The third-order valence-electron chi connectivity index (χ3n) is 13.2. The van der Waals surface area contributed by atoms with Crippen molar-refractivity contribution >= 4 is 0 Å². The Morgan fingerprint density at radius 1 is 0.529 bits per heavy atom. The SMILES string of the molecule is CCCCC1([C@]2(c3ccc(F)c(F)c3)C=C[C@H](COC[C@H]3C=C[C@@](c4ccc(F)c(F)c4)(C4(CCCC)CCCCC4)C=C3)C=C2)CCCCC1. The molecule has 0 unspecified atom stereocenters. The highest BCUT2D eigenvalue weighted by molar-refractivity contribution is 5.45. The maximum Gasteiger partial charge on any atom is 0.159 e. The number of rotatable bonds is 14. The molecule has 0 heterocycles. The second kappa shape index (κ2) is 16.4. The van der Waals surface area contributed by atoms with Crippen LogP contribution in [0.15, 0.2) is 85.0 Å². The Morgan fingerprint density at radius 2 is 0.902 bits per heavy atom. The predicted molar refractivity (Wildman–Crippen MR) is 201 cm³/mol. The second-order valence-electron chi connectivity index (χ2n) is 16.2. The van der Waals surface area contributed by atoms with Gasteiger partial charge in [0.05, 0.1) is 13.2 Å². The summed E-state index contributed by atoms with van der Waals surface area (Å²) in [6.07, 6.45) is 36.0. The summed E-state index contributed by atoms with van der Waals surface area (Å²) in [4.78, 5) is 0. The topological polar surface area (TPSA) is 9.23 Å². The summed E-state index contributed by atoms with van der Waals surface area (Å²) in [7, 11) is 0. The van der Waals surface area contributed by atoms with Gasteiger partial charge in [-0.05, 0) is 84.7 Å². The summed E-state index contributed by atoms with van der Waals surface area (Å²) in [6, 6.07) is 8.98. The van der Waals surface area contributed by atoms with E-state index in [1.807, 2.05) is 0 Å². The predicted octanol–water partition coefficient (Wildman–Crippen LogP) is 13.2. The minimum absolute atomic E-state index is 0.0329. The molecule has 0 spiro atoms. The van der Waals surface area contributed by atoms with Gasteiger partial charge in [-0.15, -0.1) is 0 Å². The maximum atomic E-state index is 14.7. The van der Waals surface area contributed by atoms with Gasteiger partial charge in [-0.2, -0.15) is 0 Å². The Balaban J connectivity index is 1.19. The van der Waals surface area contributed by atoms with Crippen LogP contribution in [0.3, 0.4) is 0 Å². The molecule has 276 valence electrons. The molecule has 6 rings (SSSR count). The zero-order chi connectivity index (χ0) is 36.0. The molecule has 4 aliphatic rings. The number of benzene rings is 2. The van der Waals surface area contributed by atoms with Crippen molar-refractivity contribution in [2.45, 2.75) is 127 Å². The van der Waals surface area contributed by atoms with Crippen LogP contribution in [-0.4, -0.2) is 13.2 Å². The molecule has 1 nitrogen and oxygen atoms in total. The first-order valence-corrected chi connectivity index (χ1v) is 20.0. The fourth-order valence-electron chi connectivity index (χ4n) is 10.3. The van der Waals surface area contributed by atoms with Crippen molar-refractivity contribution in [3.63, 3.8) is 0 Å². The highest BCUT2D eigenvalue weighted by Crippen LogP contribution is 2.59. The number of unbranched alkanes of at least 4 members (excludes halogenated alkanes) is 2. The van der Waals surface area contributed by atoms with Gasteiger partial charge in [0.2, 0.25) is 0 Å². The smallest absolute Gasteiger partial charge is 0.159 e. The molecular formula is C46H58F4O. The van der Waals surface area contributed by atoms with Gasteiger partial charge in [0.1, 0.15) is 0 Å². The Bertz CT molecular complexity index is 1440. The normalized spacial score (nSPS) is 28.3. The summed E-state index contributed by atoms with van der Waals surface area (Å²) >= 11 is 0. The van der Waals surface area contributed by atoms with Crippen LogP contribution in [0.5, 0.6) is 0 Å². The quantitative estimate of drug-likeness (QED) is 0.141. The molecule has 2 aromatic rings. The number of halogens is 4. The van der Waals surface area contributed by atoms with Gasteiger partial charge < -0.3 is 4.74 Å². The molecule has 0 aromatic heterocycles. The number of ether oxygens (including phenoxy) is 1. The molecule has 2 aromatic carbocycles. The number of hydrogen-bond donors (Lipinski definition) is 0. The molecule has 0 atom stereocenters. The summed E-state index contributed by atoms with van der Waals surface area (Å²) in [5.74, 6) is -3.04. The minimum Gasteiger partial charge on any atom is -0.380 e. The monoisotopic (exact) mass is 702 g/mol. The van der Waals surface area contributed by atoms with Crippen LogP contribution in [0.4, 0.5) is 17.6 Å². The van der Waals surface area contributed by atoms with Crippen molar-refractivity contribution in [2.24, 2.45) is 22.7 Å². The summed E-state index contributed by atoms with van der Waals surface area (Å²) in [6.45, 7) is 5.49. The van der Waals surface area contributed by atoms with Crippen molar-refractivity contribution in [3.05, 3.63) is 119 Å². The third-order valence-corrected chi connectivity index (χ3v) is 13.2. The van der Waals surface area contributed by atoms with Crippen molar-refractivity contribution in [2.75, 3.05) is 13.2 Å². The van der Waals surface area contributed by atoms with Crippen LogP contribution in [0.25, 0.3) is 0 Å². The summed E-state index contributed by atoms with van der Waals surface area (Å²) < 4.78 is 64.1. The minimum atomic E-state index is -0.807. The van der Waals surface area contributed by atoms with E-state index in [4.69, 9.17) is 4.74 Å². The first-order valence-electron chi connectivity index (χ1n) is 20.0. The van der Waals surface area contributed by atoms with Crippen molar-refractivity contribution in [1.29, 1.82) is 0 Å². The van der Waals surface area contributed by atoms with E-state index in [0.29, 0.717) is 13.2 Å². The van der Waals surface area contributed by atoms with Crippen LogP contribution >= 0.6 is 0 Å². The van der Waals surface area contributed by atoms with E-state index in [1.165, 1.54) is 37.1 Å². The molecule has 4 aliphatic carbocycles. The Hall–Kier alpha value is -2.92. The van der Waals surface area contributed by atoms with Crippen molar-refractivity contribution in [3.8, 4) is 0 Å². The van der Waals surface area contributed by atoms with E-state index in [2.05, 4.69) is 62.5 Å². The molecular weight excluding hydrogens is 644 g/mol. The maximum absolute atomic E-state index is 14.7. The van der Waals surface area contributed by atoms with E-state index < -0.39 is 34.1 Å². The average Bonchev–Trinajstić information content (AvgIpc) is 3.16. The lowest BCUT2D eigenvalue weighted by Crippen LogP contribution is -2.46. The Kier molecular flexibility index (Phi) is 12.2. The van der Waals surface area contributed by atoms with Gasteiger partial charge in [-0.1, -0.05) is 139 Å². The first kappa shape index (κ1) is 37.8. The average molecular weight is 703 g/mol. The molecule has 5 heteroatoms. The standard InChI is InChI=1S/C46H58F4O/c1-3-5-21-43(23-9-7-10-24-43)45(37-13-15-39(47)41(49)31-37)27-17-35(18-28-45)33-51-34-36-19-29-46(30-20-36,38-14-16-40(48)42(50)32-38)44(22-6-4-2)25-11-8-12-26-44/h13-20,27-32,35-36H,3-12,21-26,33-34H2,1-2H3/t35-,36-,45+,46+. The zero-order valence-electron chi connectivity index (χ0n) is 30.9. The summed E-state index contributed by atoms with van der Waals surface area (Å²) in [5.41, 5.74) is 0.631. The van der Waals surface area contributed by atoms with Crippen LogP contribution < -0.4 is 0 Å². The van der Waals surface area contributed by atoms with Crippen LogP contribution in [0.1, 0.15) is 128 Å². The van der Waals surface area contributed by atoms with Crippen LogP contribution in [0, 0.1) is 45.9 Å². The lowest BCUT2D eigenvalue weighted by molar-refractivity contribution is 0.0925. The molecule has 0 saturated heterocycles. The van der Waals surface area contributed by atoms with Crippen molar-refractivity contribution < 1.29 is 22.3 Å². The molecule has 0 radical (unpaired) electrons. The number of allylic oxidation sites excluding steroid dienone is 4. The molecule has 0 N–H and O–H groups in total. The van der Waals surface area contributed by atoms with Crippen LogP contribution in [0.2, 0.25) is 0 Å². The van der Waals surface area contributed by atoms with E-state index in [1.54, 1.807) is 12.1 Å². The largest absolute Gasteiger partial charge is 0.380 e. The molecule has 0 bridgehead atoms. The Labute approximate surface area is 304 Å². The molecule has 0 aliphatic heterocycles.